The molecule has 2 nitrogen and oxygen atoms in total. The minimum atomic E-state index is 0.732. The first-order valence-electron chi connectivity index (χ1n) is 5.82. The number of methoxy groups -OCH3 is 1. The number of hydrogen-bond acceptors (Lipinski definition) is 3. The molecule has 1 heterocycles. The number of nitrogens with one attached hydrogen (secondary N) is 1. The molecule has 1 aliphatic heterocycles. The summed E-state index contributed by atoms with van der Waals surface area (Å²) in [7, 11) is 1.72. The van der Waals surface area contributed by atoms with Crippen molar-refractivity contribution in [2.75, 3.05) is 19.4 Å². The molecule has 88 valence electrons. The van der Waals surface area contributed by atoms with Crippen molar-refractivity contribution in [3.05, 3.63) is 29.8 Å². The van der Waals surface area contributed by atoms with Crippen LogP contribution in [0.1, 0.15) is 18.4 Å². The van der Waals surface area contributed by atoms with E-state index in [0.29, 0.717) is 0 Å². The summed E-state index contributed by atoms with van der Waals surface area (Å²) in [5.74, 6) is 3.25. The van der Waals surface area contributed by atoms with Crippen molar-refractivity contribution >= 4 is 11.8 Å². The van der Waals surface area contributed by atoms with Crippen LogP contribution in [-0.4, -0.2) is 25.4 Å². The fourth-order valence-corrected chi connectivity index (χ4v) is 3.08. The molecule has 2 rings (SSSR count). The third-order valence-electron chi connectivity index (χ3n) is 2.88. The molecular formula is C13H19NOS. The van der Waals surface area contributed by atoms with Gasteiger partial charge in [-0.1, -0.05) is 12.1 Å². The molecule has 3 heteroatoms. The summed E-state index contributed by atoms with van der Waals surface area (Å²) in [6, 6.07) is 9.07. The summed E-state index contributed by atoms with van der Waals surface area (Å²) in [5, 5.41) is 3.52. The van der Waals surface area contributed by atoms with Crippen LogP contribution >= 0.6 is 11.8 Å². The number of ether oxygens (including phenoxy) is 1. The number of hydrogen-bond donors (Lipinski definition) is 1. The van der Waals surface area contributed by atoms with E-state index in [1.807, 2.05) is 17.8 Å². The van der Waals surface area contributed by atoms with Crippen molar-refractivity contribution in [3.63, 3.8) is 0 Å². The van der Waals surface area contributed by atoms with Gasteiger partial charge in [-0.05, 0) is 37.1 Å². The van der Waals surface area contributed by atoms with Crippen LogP contribution in [-0.2, 0) is 5.75 Å². The van der Waals surface area contributed by atoms with Gasteiger partial charge in [0.25, 0.3) is 0 Å². The predicted octanol–water partition coefficient (Wildman–Crippen LogP) is 2.68. The molecule has 0 bridgehead atoms. The Labute approximate surface area is 102 Å². The molecule has 1 fully saturated rings. The standard InChI is InChI=1S/C13H19NOS/c1-15-13-6-2-4-11(8-13)9-16-10-12-5-3-7-14-12/h2,4,6,8,12,14H,3,5,7,9-10H2,1H3. The molecule has 16 heavy (non-hydrogen) atoms. The lowest BCUT2D eigenvalue weighted by atomic mass is 10.2. The molecule has 1 aromatic rings. The van der Waals surface area contributed by atoms with E-state index in [0.717, 1.165) is 17.5 Å². The van der Waals surface area contributed by atoms with Gasteiger partial charge in [-0.25, -0.2) is 0 Å². The van der Waals surface area contributed by atoms with Gasteiger partial charge >= 0.3 is 0 Å². The van der Waals surface area contributed by atoms with E-state index in [9.17, 15) is 0 Å². The molecule has 1 aliphatic rings. The Bertz CT molecular complexity index is 323. The molecule has 1 aromatic carbocycles. The van der Waals surface area contributed by atoms with Crippen LogP contribution in [0, 0.1) is 0 Å². The van der Waals surface area contributed by atoms with Gasteiger partial charge in [-0.2, -0.15) is 11.8 Å². The van der Waals surface area contributed by atoms with Gasteiger partial charge in [0.2, 0.25) is 0 Å². The Kier molecular flexibility index (Phi) is 4.55. The zero-order chi connectivity index (χ0) is 11.2. The third kappa shape index (κ3) is 3.42. The fourth-order valence-electron chi connectivity index (χ4n) is 1.98. The number of rotatable bonds is 5. The molecule has 0 amide bonds. The second-order valence-electron chi connectivity index (χ2n) is 4.16. The maximum atomic E-state index is 5.21. The Morgan fingerprint density at radius 1 is 1.50 bits per heavy atom. The van der Waals surface area contributed by atoms with Crippen molar-refractivity contribution in [1.82, 2.24) is 5.32 Å². The maximum Gasteiger partial charge on any atom is 0.119 e. The van der Waals surface area contributed by atoms with Crippen molar-refractivity contribution in [2.24, 2.45) is 0 Å². The second-order valence-corrected chi connectivity index (χ2v) is 5.19. The van der Waals surface area contributed by atoms with Gasteiger partial charge in [-0.15, -0.1) is 0 Å². The largest absolute Gasteiger partial charge is 0.497 e. The normalized spacial score (nSPS) is 19.9. The highest BCUT2D eigenvalue weighted by Gasteiger charge is 2.13. The minimum Gasteiger partial charge on any atom is -0.497 e. The maximum absolute atomic E-state index is 5.21. The van der Waals surface area contributed by atoms with Crippen molar-refractivity contribution < 1.29 is 4.74 Å². The third-order valence-corrected chi connectivity index (χ3v) is 4.06. The van der Waals surface area contributed by atoms with Gasteiger partial charge in [0.15, 0.2) is 0 Å². The molecule has 0 spiro atoms. The smallest absolute Gasteiger partial charge is 0.119 e. The van der Waals surface area contributed by atoms with E-state index in [1.165, 1.54) is 30.7 Å². The van der Waals surface area contributed by atoms with Crippen molar-refractivity contribution in [2.45, 2.75) is 24.6 Å². The first-order chi connectivity index (χ1) is 7.88. The molecule has 0 saturated carbocycles. The van der Waals surface area contributed by atoms with Crippen LogP contribution in [0.25, 0.3) is 0 Å². The van der Waals surface area contributed by atoms with Crippen molar-refractivity contribution in [1.29, 1.82) is 0 Å². The second kappa shape index (κ2) is 6.16. The minimum absolute atomic E-state index is 0.732. The summed E-state index contributed by atoms with van der Waals surface area (Å²) in [5.41, 5.74) is 1.35. The van der Waals surface area contributed by atoms with Crippen LogP contribution in [0.2, 0.25) is 0 Å². The highest BCUT2D eigenvalue weighted by Crippen LogP contribution is 2.20. The highest BCUT2D eigenvalue weighted by atomic mass is 32.2. The van der Waals surface area contributed by atoms with E-state index < -0.39 is 0 Å². The Balaban J connectivity index is 1.75. The van der Waals surface area contributed by atoms with Gasteiger partial charge in [0.1, 0.15) is 5.75 Å². The average molecular weight is 237 g/mol. The zero-order valence-electron chi connectivity index (χ0n) is 9.74. The molecule has 0 radical (unpaired) electrons. The summed E-state index contributed by atoms with van der Waals surface area (Å²) >= 11 is 2.00. The van der Waals surface area contributed by atoms with Crippen LogP contribution in [0.5, 0.6) is 5.75 Å². The van der Waals surface area contributed by atoms with E-state index in [2.05, 4.69) is 23.5 Å². The van der Waals surface area contributed by atoms with Crippen molar-refractivity contribution in [3.8, 4) is 5.75 Å². The van der Waals surface area contributed by atoms with Gasteiger partial charge < -0.3 is 10.1 Å². The van der Waals surface area contributed by atoms with Crippen LogP contribution < -0.4 is 10.1 Å². The Morgan fingerprint density at radius 2 is 2.44 bits per heavy atom. The lowest BCUT2D eigenvalue weighted by Crippen LogP contribution is -2.23. The molecule has 0 aromatic heterocycles. The van der Waals surface area contributed by atoms with Crippen LogP contribution in [0.4, 0.5) is 0 Å². The van der Waals surface area contributed by atoms with E-state index >= 15 is 0 Å². The Morgan fingerprint density at radius 3 is 3.19 bits per heavy atom. The molecule has 1 N–H and O–H groups in total. The zero-order valence-corrected chi connectivity index (χ0v) is 10.6. The first-order valence-corrected chi connectivity index (χ1v) is 6.98. The highest BCUT2D eigenvalue weighted by molar-refractivity contribution is 7.98. The van der Waals surface area contributed by atoms with E-state index in [1.54, 1.807) is 7.11 Å². The fraction of sp³-hybridized carbons (Fsp3) is 0.538. The number of benzene rings is 1. The first kappa shape index (κ1) is 11.8. The SMILES string of the molecule is COc1cccc(CSCC2CCCN2)c1. The number of thioether (sulfide) groups is 1. The van der Waals surface area contributed by atoms with Gasteiger partial charge in [0, 0.05) is 17.5 Å². The topological polar surface area (TPSA) is 21.3 Å². The monoisotopic (exact) mass is 237 g/mol. The molecule has 1 saturated heterocycles. The lowest BCUT2D eigenvalue weighted by molar-refractivity contribution is 0.414. The van der Waals surface area contributed by atoms with Gasteiger partial charge in [0.05, 0.1) is 7.11 Å². The lowest BCUT2D eigenvalue weighted by Gasteiger charge is -2.09. The average Bonchev–Trinajstić information content (AvgIpc) is 2.82. The van der Waals surface area contributed by atoms with Crippen LogP contribution in [0.15, 0.2) is 24.3 Å². The summed E-state index contributed by atoms with van der Waals surface area (Å²) in [6.07, 6.45) is 2.68. The summed E-state index contributed by atoms with van der Waals surface area (Å²) < 4.78 is 5.21. The van der Waals surface area contributed by atoms with E-state index in [-0.39, 0.29) is 0 Å². The summed E-state index contributed by atoms with van der Waals surface area (Å²) in [6.45, 7) is 1.20. The molecule has 0 aliphatic carbocycles. The van der Waals surface area contributed by atoms with Crippen LogP contribution in [0.3, 0.4) is 0 Å². The Hall–Kier alpha value is -0.670. The molecule has 1 atom stereocenters. The summed E-state index contributed by atoms with van der Waals surface area (Å²) in [4.78, 5) is 0. The van der Waals surface area contributed by atoms with Gasteiger partial charge in [-0.3, -0.25) is 0 Å². The predicted molar refractivity (Wildman–Crippen MR) is 70.2 cm³/mol. The van der Waals surface area contributed by atoms with E-state index in [4.69, 9.17) is 4.74 Å². The molecule has 1 unspecified atom stereocenters. The molecular weight excluding hydrogens is 218 g/mol. The quantitative estimate of drug-likeness (QED) is 0.850.